The van der Waals surface area contributed by atoms with Gasteiger partial charge in [-0.2, -0.15) is 0 Å². The van der Waals surface area contributed by atoms with E-state index < -0.39 is 0 Å². The molecule has 0 N–H and O–H groups in total. The molecule has 0 fully saturated rings. The van der Waals surface area contributed by atoms with Crippen molar-refractivity contribution in [3.63, 3.8) is 0 Å². The number of halogens is 2. The Hall–Kier alpha value is -4.66. The molecule has 4 heterocycles. The third-order valence-electron chi connectivity index (χ3n) is 8.09. The van der Waals surface area contributed by atoms with Gasteiger partial charge in [-0.3, -0.25) is 19.6 Å². The Balaban J connectivity index is 0.000000149. The van der Waals surface area contributed by atoms with Crippen molar-refractivity contribution in [2.24, 2.45) is 0 Å². The number of ether oxygens (including phenoxy) is 4. The zero-order valence-corrected chi connectivity index (χ0v) is 25.6. The Morgan fingerprint density at radius 3 is 1.36 bits per heavy atom. The van der Waals surface area contributed by atoms with Crippen molar-refractivity contribution in [1.82, 2.24) is 9.97 Å². The van der Waals surface area contributed by atoms with Gasteiger partial charge in [-0.05, 0) is 46.2 Å². The summed E-state index contributed by atoms with van der Waals surface area (Å²) in [6.07, 6.45) is 3.32. The van der Waals surface area contributed by atoms with E-state index in [0.717, 1.165) is 55.3 Å². The molecule has 222 valence electrons. The first-order valence-corrected chi connectivity index (χ1v) is 13.4. The molecule has 0 saturated carbocycles. The maximum atomic E-state index is 12.7. The molecule has 45 heavy (non-hydrogen) atoms. The topological polar surface area (TPSA) is 96.8 Å². The molecule has 0 saturated heterocycles. The average molecular weight is 677 g/mol. The van der Waals surface area contributed by atoms with Crippen molar-refractivity contribution in [2.75, 3.05) is 13.6 Å². The van der Waals surface area contributed by atoms with E-state index in [1.807, 2.05) is 72.8 Å². The Morgan fingerprint density at radius 2 is 0.933 bits per heavy atom. The number of carbonyl (C=O) groups is 2. The molecule has 0 radical (unpaired) electrons. The first kappa shape index (κ1) is 30.4. The van der Waals surface area contributed by atoms with Crippen LogP contribution in [0.1, 0.15) is 32.1 Å². The molecule has 2 aliphatic carbocycles. The zero-order valence-electron chi connectivity index (χ0n) is 23.0. The number of hydrogen-bond acceptors (Lipinski definition) is 8. The average Bonchev–Trinajstić information content (AvgIpc) is 3.71. The minimum atomic E-state index is -0.0393. The number of benzene rings is 4. The zero-order chi connectivity index (χ0) is 27.9. The molecule has 0 unspecified atom stereocenters. The van der Waals surface area contributed by atoms with Crippen LogP contribution in [0.2, 0.25) is 0 Å². The van der Waals surface area contributed by atoms with Crippen LogP contribution in [-0.4, -0.2) is 35.1 Å². The van der Waals surface area contributed by atoms with Crippen molar-refractivity contribution in [3.8, 4) is 45.3 Å². The van der Waals surface area contributed by atoms with Crippen LogP contribution in [0.5, 0.6) is 23.0 Å². The van der Waals surface area contributed by atoms with Crippen LogP contribution in [0.3, 0.4) is 0 Å². The first-order valence-electron chi connectivity index (χ1n) is 13.4. The van der Waals surface area contributed by atoms with Crippen LogP contribution in [0, 0.1) is 0 Å². The Morgan fingerprint density at radius 1 is 0.533 bits per heavy atom. The van der Waals surface area contributed by atoms with Crippen LogP contribution in [-0.2, 0) is 17.1 Å². The van der Waals surface area contributed by atoms with E-state index in [1.165, 1.54) is 0 Å². The molecule has 4 aliphatic rings. The normalized spacial score (nSPS) is 13.4. The minimum Gasteiger partial charge on any atom is -1.00 e. The van der Waals surface area contributed by atoms with Gasteiger partial charge in [0, 0.05) is 45.4 Å². The number of fused-ring (bicyclic) bond motifs is 8. The van der Waals surface area contributed by atoms with E-state index in [-0.39, 0.29) is 67.0 Å². The molecule has 0 spiro atoms. The van der Waals surface area contributed by atoms with E-state index in [0.29, 0.717) is 34.0 Å². The van der Waals surface area contributed by atoms with E-state index >= 15 is 0 Å². The predicted molar refractivity (Wildman–Crippen MR) is 153 cm³/mol. The number of ketones is 2. The molecule has 10 rings (SSSR count). The van der Waals surface area contributed by atoms with E-state index in [2.05, 4.69) is 9.97 Å². The van der Waals surface area contributed by atoms with Gasteiger partial charge in [0.15, 0.2) is 23.0 Å². The quantitative estimate of drug-likeness (QED) is 0.213. The van der Waals surface area contributed by atoms with Gasteiger partial charge in [-0.25, -0.2) is 0 Å². The van der Waals surface area contributed by atoms with Gasteiger partial charge < -0.3 is 43.8 Å². The summed E-state index contributed by atoms with van der Waals surface area (Å²) in [4.78, 5) is 33.9. The molecule has 0 atom stereocenters. The fraction of sp³-hybridized carbons (Fsp3) is 0.0588. The van der Waals surface area contributed by atoms with E-state index in [4.69, 9.17) is 18.9 Å². The Kier molecular flexibility index (Phi) is 7.67. The Bertz CT molecular complexity index is 2070. The number of nitrogens with zero attached hydrogens (tertiary/aromatic N) is 2. The number of hydrogen-bond donors (Lipinski definition) is 0. The van der Waals surface area contributed by atoms with Gasteiger partial charge in [0.2, 0.25) is 25.2 Å². The molecule has 0 bridgehead atoms. The van der Waals surface area contributed by atoms with Gasteiger partial charge in [-0.15, -0.1) is 0 Å². The SMILES string of the molecule is O=C1c2ccccc2-c2c3c(cc4ccnc1c24)OCO3.O=C1c2ccccc2-c2c3c(cc4ccnc1c24)OCO3.[Cl-].[Cl-].[Fe+2]. The second-order valence-electron chi connectivity index (χ2n) is 10.2. The standard InChI is InChI=1S/2C17H9NO3.2ClH.Fe/c2*19-16-11-4-2-1-3-10(11)14-13-9(5-6-18-15(13)16)7-12-17(14)21-8-20-12;;;/h2*1-7H,8H2;2*1H;/q;;;;+2/p-2. The fourth-order valence-electron chi connectivity index (χ4n) is 6.32. The summed E-state index contributed by atoms with van der Waals surface area (Å²) in [5.74, 6) is 2.77. The maximum Gasteiger partial charge on any atom is 2.00 e. The molecule has 6 aromatic rings. The first-order chi connectivity index (χ1) is 20.7. The monoisotopic (exact) mass is 676 g/mol. The largest absolute Gasteiger partial charge is 2.00 e. The summed E-state index contributed by atoms with van der Waals surface area (Å²) in [7, 11) is 0. The molecule has 0 amide bonds. The van der Waals surface area contributed by atoms with Crippen LogP contribution < -0.4 is 43.8 Å². The summed E-state index contributed by atoms with van der Waals surface area (Å²) in [6, 6.07) is 22.7. The molecule has 8 nitrogen and oxygen atoms in total. The third-order valence-corrected chi connectivity index (χ3v) is 8.09. The summed E-state index contributed by atoms with van der Waals surface area (Å²) in [5, 5.41) is 3.60. The summed E-state index contributed by atoms with van der Waals surface area (Å²) >= 11 is 0. The van der Waals surface area contributed by atoms with Crippen LogP contribution in [0.4, 0.5) is 0 Å². The van der Waals surface area contributed by atoms with Gasteiger partial charge in [0.05, 0.1) is 0 Å². The van der Waals surface area contributed by atoms with Crippen molar-refractivity contribution < 1.29 is 70.4 Å². The second-order valence-corrected chi connectivity index (χ2v) is 10.2. The van der Waals surface area contributed by atoms with Gasteiger partial charge in [0.1, 0.15) is 11.4 Å². The molecular formula is C34H18Cl2FeN2O6. The van der Waals surface area contributed by atoms with E-state index in [1.54, 1.807) is 12.4 Å². The molecule has 2 aromatic heterocycles. The molecule has 11 heteroatoms. The van der Waals surface area contributed by atoms with Gasteiger partial charge in [0.25, 0.3) is 0 Å². The predicted octanol–water partition coefficient (Wildman–Crippen LogP) is 0.355. The summed E-state index contributed by atoms with van der Waals surface area (Å²) in [6.45, 7) is 0.412. The van der Waals surface area contributed by atoms with Crippen molar-refractivity contribution in [3.05, 3.63) is 108 Å². The summed E-state index contributed by atoms with van der Waals surface area (Å²) in [5.41, 5.74) is 5.89. The number of aromatic nitrogens is 2. The summed E-state index contributed by atoms with van der Waals surface area (Å²) < 4.78 is 22.4. The van der Waals surface area contributed by atoms with Crippen molar-refractivity contribution in [1.29, 1.82) is 0 Å². The van der Waals surface area contributed by atoms with Crippen molar-refractivity contribution >= 4 is 33.1 Å². The van der Waals surface area contributed by atoms with Crippen molar-refractivity contribution in [2.45, 2.75) is 0 Å². The minimum absolute atomic E-state index is 0. The van der Waals surface area contributed by atoms with Crippen LogP contribution in [0.15, 0.2) is 85.2 Å². The number of carbonyl (C=O) groups excluding carboxylic acids is 2. The fourth-order valence-corrected chi connectivity index (χ4v) is 6.32. The smallest absolute Gasteiger partial charge is 1.00 e. The van der Waals surface area contributed by atoms with E-state index in [9.17, 15) is 9.59 Å². The molecular weight excluding hydrogens is 659 g/mol. The van der Waals surface area contributed by atoms with Gasteiger partial charge in [-0.1, -0.05) is 48.5 Å². The van der Waals surface area contributed by atoms with Crippen LogP contribution >= 0.6 is 0 Å². The molecule has 2 aliphatic heterocycles. The molecule has 4 aromatic carbocycles. The third kappa shape index (κ3) is 4.27. The number of rotatable bonds is 0. The van der Waals surface area contributed by atoms with Crippen LogP contribution in [0.25, 0.3) is 43.8 Å². The second kappa shape index (κ2) is 11.4. The maximum absolute atomic E-state index is 12.7. The Labute approximate surface area is 279 Å². The number of pyridine rings is 2. The van der Waals surface area contributed by atoms with Gasteiger partial charge >= 0.3 is 17.1 Å².